The molecule has 17 aliphatic rings. The number of esters is 1. The highest BCUT2D eigenvalue weighted by Gasteiger charge is 2.55. The third-order valence-electron chi connectivity index (χ3n) is 31.0. The summed E-state index contributed by atoms with van der Waals surface area (Å²) in [7, 11) is 0. The van der Waals surface area contributed by atoms with E-state index in [4.69, 9.17) is 83.4 Å². The number of aliphatic hydroxyl groups excluding tert-OH is 1. The molecular formula is C107H155ClN6O21. The van der Waals surface area contributed by atoms with Gasteiger partial charge >= 0.3 is 11.9 Å². The summed E-state index contributed by atoms with van der Waals surface area (Å²) in [6.07, 6.45) is 42.3. The van der Waals surface area contributed by atoms with E-state index in [0.29, 0.717) is 171 Å². The van der Waals surface area contributed by atoms with Crippen molar-refractivity contribution in [1.82, 2.24) is 30.9 Å². The molecule has 1 aliphatic heterocycles. The molecule has 1 unspecified atom stereocenters. The fourth-order valence-electron chi connectivity index (χ4n) is 26.6. The average Bonchev–Trinajstić information content (AvgIpc) is 1.52. The van der Waals surface area contributed by atoms with Crippen LogP contribution in [0.3, 0.4) is 0 Å². The average molecular weight is 1900 g/mol. The first-order valence-electron chi connectivity index (χ1n) is 51.4. The maximum atomic E-state index is 12.3. The fourth-order valence-corrected chi connectivity index (χ4v) is 26.8. The van der Waals surface area contributed by atoms with Crippen LogP contribution in [0.15, 0.2) is 103 Å². The van der Waals surface area contributed by atoms with E-state index < -0.39 is 12.3 Å². The number of rotatable bonds is 52. The summed E-state index contributed by atoms with van der Waals surface area (Å²) in [6, 6.07) is 33.3. The lowest BCUT2D eigenvalue weighted by molar-refractivity contribution is -0.145. The van der Waals surface area contributed by atoms with E-state index in [-0.39, 0.29) is 56.5 Å². The Balaban J connectivity index is 0.000000171. The maximum Gasteiger partial charge on any atom is 0.344 e. The number of aromatic nitrogens is 3. The molecule has 2 heterocycles. The minimum Gasteiger partial charge on any atom is -0.508 e. The number of amides is 3. The number of carboxylic acid groups (broad SMARTS) is 1. The number of hydrogen-bond acceptors (Lipinski definition) is 22. The Morgan fingerprint density at radius 2 is 0.756 bits per heavy atom. The van der Waals surface area contributed by atoms with Crippen molar-refractivity contribution in [3.8, 4) is 23.0 Å². The number of aliphatic hydroxyl groups is 1. The topological polar surface area (TPSA) is 333 Å². The minimum absolute atomic E-state index is 0.00937. The zero-order valence-electron chi connectivity index (χ0n) is 80.2. The van der Waals surface area contributed by atoms with Gasteiger partial charge in [0.25, 0.3) is 5.91 Å². The van der Waals surface area contributed by atoms with Crippen molar-refractivity contribution in [3.05, 3.63) is 131 Å². The van der Waals surface area contributed by atoms with Crippen LogP contribution in [-0.4, -0.2) is 231 Å². The molecule has 0 spiro atoms. The van der Waals surface area contributed by atoms with Gasteiger partial charge in [-0.05, 0) is 344 Å². The number of nitrogens with zero attached hydrogens (tertiary/aromatic N) is 3. The van der Waals surface area contributed by atoms with Crippen molar-refractivity contribution >= 4 is 41.3 Å². The molecule has 28 heteroatoms. The SMILES string of the molecule is CCOC(=O)COc1ccc(C23CC4CC(CC(C4)C2)C3)cc1.O=C(CCc1cn(CCOCCOCCOCCNC(=O)COc2ccc(C34CC5CC(CC(C5)C3)C4)cc2)nn1)NCCOCCOCCOCC(=O)NCCOCCOCCCCCCCl.O=C(O)COc1ccc(C23CC4CC(CC(C4)C2)C3)cc1.OC1CCCO1.Oc1ccc(C23CC4CC(CC(C4)C2)C3)cc1. The zero-order valence-corrected chi connectivity index (χ0v) is 81.0. The van der Waals surface area contributed by atoms with Crippen LogP contribution >= 0.6 is 11.6 Å². The summed E-state index contributed by atoms with van der Waals surface area (Å²) in [5.41, 5.74) is 8.28. The lowest BCUT2D eigenvalue weighted by Crippen LogP contribution is -2.48. The highest BCUT2D eigenvalue weighted by atomic mass is 35.5. The summed E-state index contributed by atoms with van der Waals surface area (Å²) in [5, 5.41) is 43.3. The molecule has 746 valence electrons. The fraction of sp³-hybridized carbons (Fsp3) is 0.710. The number of unbranched alkanes of at least 4 members (excludes halogenated alkanes) is 3. The van der Waals surface area contributed by atoms with Gasteiger partial charge in [0.05, 0.1) is 111 Å². The Bertz CT molecular complexity index is 4220. The highest BCUT2D eigenvalue weighted by molar-refractivity contribution is 6.17. The zero-order chi connectivity index (χ0) is 93.9. The van der Waals surface area contributed by atoms with Crippen LogP contribution in [-0.2, 0) is 106 Å². The van der Waals surface area contributed by atoms with Crippen LogP contribution in [0, 0.1) is 71.0 Å². The number of carbonyl (C=O) groups excluding carboxylic acids is 4. The van der Waals surface area contributed by atoms with Crippen LogP contribution in [0.5, 0.6) is 23.0 Å². The second-order valence-corrected chi connectivity index (χ2v) is 41.8. The number of nitrogens with one attached hydrogen (secondary N) is 3. The first-order valence-corrected chi connectivity index (χ1v) is 51.9. The molecule has 3 amide bonds. The van der Waals surface area contributed by atoms with Gasteiger partial charge in [0.2, 0.25) is 11.8 Å². The molecule has 5 aromatic rings. The van der Waals surface area contributed by atoms with Gasteiger partial charge in [0.1, 0.15) is 29.6 Å². The number of benzene rings is 4. The number of alkyl halides is 1. The van der Waals surface area contributed by atoms with Gasteiger partial charge in [-0.25, -0.2) is 14.3 Å². The summed E-state index contributed by atoms with van der Waals surface area (Å²) in [6.45, 7) is 10.8. The van der Waals surface area contributed by atoms with Crippen molar-refractivity contribution in [2.45, 2.75) is 247 Å². The molecule has 0 radical (unpaired) electrons. The number of carboxylic acids is 1. The largest absolute Gasteiger partial charge is 0.508 e. The molecule has 27 nitrogen and oxygen atoms in total. The summed E-state index contributed by atoms with van der Waals surface area (Å²) in [4.78, 5) is 58.3. The van der Waals surface area contributed by atoms with Crippen molar-refractivity contribution < 1.29 is 101 Å². The number of aromatic hydroxyl groups is 1. The van der Waals surface area contributed by atoms with Crippen molar-refractivity contribution in [1.29, 1.82) is 0 Å². The molecule has 16 aliphatic carbocycles. The molecule has 1 aromatic heterocycles. The number of phenolic OH excluding ortho intramolecular Hbond substituents is 1. The van der Waals surface area contributed by atoms with Gasteiger partial charge in [-0.1, -0.05) is 66.6 Å². The molecule has 135 heavy (non-hydrogen) atoms. The van der Waals surface area contributed by atoms with Crippen LogP contribution in [0.4, 0.5) is 0 Å². The molecule has 4 aromatic carbocycles. The van der Waals surface area contributed by atoms with Gasteiger partial charge in [-0.15, -0.1) is 16.7 Å². The van der Waals surface area contributed by atoms with E-state index >= 15 is 0 Å². The molecule has 22 rings (SSSR count). The van der Waals surface area contributed by atoms with Crippen molar-refractivity contribution in [2.24, 2.45) is 71.0 Å². The molecule has 1 saturated heterocycles. The van der Waals surface area contributed by atoms with Crippen LogP contribution in [0.1, 0.15) is 234 Å². The van der Waals surface area contributed by atoms with E-state index in [0.717, 1.165) is 140 Å². The predicted octanol–water partition coefficient (Wildman–Crippen LogP) is 15.7. The third kappa shape index (κ3) is 32.2. The number of phenols is 1. The number of halogens is 1. The molecule has 17 fully saturated rings. The van der Waals surface area contributed by atoms with Crippen LogP contribution < -0.4 is 30.2 Å². The van der Waals surface area contributed by atoms with E-state index in [1.165, 1.54) is 176 Å². The van der Waals surface area contributed by atoms with Crippen molar-refractivity contribution in [3.63, 3.8) is 0 Å². The molecule has 16 bridgehead atoms. The predicted molar refractivity (Wildman–Crippen MR) is 512 cm³/mol. The Labute approximate surface area is 805 Å². The third-order valence-corrected chi connectivity index (χ3v) is 31.2. The Kier molecular flexibility index (Phi) is 40.7. The Morgan fingerprint density at radius 1 is 0.415 bits per heavy atom. The lowest BCUT2D eigenvalue weighted by atomic mass is 9.48. The van der Waals surface area contributed by atoms with Gasteiger partial charge < -0.3 is 92.8 Å². The van der Waals surface area contributed by atoms with Crippen LogP contribution in [0.25, 0.3) is 0 Å². The standard InChI is InChI=1S/C49H79ClN6O12.C20H26O3.C18H22O3.C16H20O.C4H8O2/c50-11-3-1-2-4-16-60-21-22-62-18-13-52-47(58)38-67-30-29-66-27-24-61-17-12-51-46(57)10-7-44-37-56(55-54-44)15-20-64-25-28-65-26-23-63-19-14-53-48(59)39-68-45-8-5-43(6-9-45)49-34-40-31-41(35-49)33-42(32-40)36-49;1-2-22-19(21)13-23-18-5-3-17(4-6-18)20-10-14-7-15(11-20)9-16(8-14)12-20;19-17(20)11-21-16-3-1-15(2-4-16)18-8-12-5-13(9-18)7-14(6-12)10-18;17-15-3-1-14(2-4-15)16-8-11-5-12(9-16)7-13(6-11)10-16;5-4-2-1-3-6-4/h5-6,8-9,37,40-42H,1-4,7,10-36,38-39H2,(H,51,57)(H,52,58)(H,53,59);3-6,14-16H,2,7-13H2,1H3;1-4,12-14H,5-11H2,(H,19,20);1-4,11-13,17H,5-10H2;4-5H,1-3H2. The highest BCUT2D eigenvalue weighted by Crippen LogP contribution is 2.65. The number of ether oxygens (including phenoxy) is 13. The maximum absolute atomic E-state index is 12.3. The minimum atomic E-state index is -0.930. The second kappa shape index (κ2) is 53.2. The normalized spacial score (nSPS) is 28.2. The second-order valence-electron chi connectivity index (χ2n) is 41.4. The van der Waals surface area contributed by atoms with E-state index in [1.807, 2.05) is 54.7 Å². The Morgan fingerprint density at radius 3 is 1.12 bits per heavy atom. The first kappa shape index (κ1) is 103. The van der Waals surface area contributed by atoms with Gasteiger partial charge in [-0.3, -0.25) is 14.4 Å². The number of carbonyl (C=O) groups is 5. The first-order chi connectivity index (χ1) is 65.8. The number of aryl methyl sites for hydroxylation is 1. The quantitative estimate of drug-likeness (QED) is 0.0120. The lowest BCUT2D eigenvalue weighted by Gasteiger charge is -2.57. The van der Waals surface area contributed by atoms with Gasteiger partial charge in [-0.2, -0.15) is 0 Å². The Hall–Kier alpha value is -7.54. The summed E-state index contributed by atoms with van der Waals surface area (Å²) >= 11 is 5.66. The molecule has 16 saturated carbocycles. The molecule has 6 N–H and O–H groups in total. The molecular weight excluding hydrogens is 1740 g/mol. The summed E-state index contributed by atoms with van der Waals surface area (Å²) in [5.74, 6) is 13.0. The van der Waals surface area contributed by atoms with E-state index in [2.05, 4.69) is 74.8 Å². The van der Waals surface area contributed by atoms with E-state index in [9.17, 15) is 29.1 Å². The number of hydrogen-bond donors (Lipinski definition) is 6. The van der Waals surface area contributed by atoms with Crippen molar-refractivity contribution in [2.75, 3.05) is 164 Å². The van der Waals surface area contributed by atoms with Gasteiger partial charge in [0, 0.05) is 64.2 Å². The van der Waals surface area contributed by atoms with E-state index in [1.54, 1.807) is 11.6 Å². The van der Waals surface area contributed by atoms with Gasteiger partial charge in [0.15, 0.2) is 26.1 Å². The summed E-state index contributed by atoms with van der Waals surface area (Å²) < 4.78 is 71.9. The monoisotopic (exact) mass is 1900 g/mol. The smallest absolute Gasteiger partial charge is 0.344 e. The molecule has 1 atom stereocenters. The van der Waals surface area contributed by atoms with Crippen LogP contribution in [0.2, 0.25) is 0 Å². The number of aliphatic carboxylic acids is 1.